The first-order valence-electron chi connectivity index (χ1n) is 7.01. The smallest absolute Gasteiger partial charge is 0.258 e. The summed E-state index contributed by atoms with van der Waals surface area (Å²) < 4.78 is 0. The van der Waals surface area contributed by atoms with Crippen LogP contribution in [0.3, 0.4) is 0 Å². The van der Waals surface area contributed by atoms with Crippen LogP contribution < -0.4 is 5.43 Å². The average molecular weight is 326 g/mol. The van der Waals surface area contributed by atoms with Crippen molar-refractivity contribution in [2.24, 2.45) is 10.1 Å². The minimum absolute atomic E-state index is 0.0683. The molecule has 3 rings (SSSR count). The molecule has 6 nitrogen and oxygen atoms in total. The first-order valence-corrected chi connectivity index (χ1v) is 7.99. The van der Waals surface area contributed by atoms with Gasteiger partial charge in [0.25, 0.3) is 5.69 Å². The molecule has 0 saturated heterocycles. The van der Waals surface area contributed by atoms with Crippen molar-refractivity contribution in [3.8, 4) is 0 Å². The van der Waals surface area contributed by atoms with Crippen LogP contribution in [0.2, 0.25) is 0 Å². The summed E-state index contributed by atoms with van der Waals surface area (Å²) in [5.41, 5.74) is 5.65. The van der Waals surface area contributed by atoms with Crippen LogP contribution in [-0.2, 0) is 6.54 Å². The minimum Gasteiger partial charge on any atom is -0.258 e. The molecule has 2 aromatic rings. The third kappa shape index (κ3) is 3.95. The van der Waals surface area contributed by atoms with Gasteiger partial charge in [-0.3, -0.25) is 20.5 Å². The Balaban J connectivity index is 1.68. The number of rotatable bonds is 4. The van der Waals surface area contributed by atoms with Gasteiger partial charge < -0.3 is 0 Å². The molecule has 0 atom stereocenters. The number of benzene rings is 2. The van der Waals surface area contributed by atoms with Crippen molar-refractivity contribution >= 4 is 28.3 Å². The standard InChI is InChI=1S/C16H14N4O2S/c21-20(22)14-8-4-7-13(9-14)15-11-23-16(19-18-15)17-10-12-5-2-1-3-6-12/h1-9H,10-11H2,(H,17,19). The second-order valence-electron chi connectivity index (χ2n) is 4.87. The molecule has 1 aliphatic rings. The molecule has 0 aliphatic carbocycles. The van der Waals surface area contributed by atoms with Gasteiger partial charge in [-0.2, -0.15) is 5.10 Å². The maximum atomic E-state index is 10.8. The van der Waals surface area contributed by atoms with Crippen molar-refractivity contribution in [1.29, 1.82) is 0 Å². The molecule has 0 fully saturated rings. The second kappa shape index (κ2) is 7.06. The number of hydrogen-bond donors (Lipinski definition) is 1. The number of aliphatic imine (C=N–C) groups is 1. The number of nitrogens with zero attached hydrogens (tertiary/aromatic N) is 3. The fraction of sp³-hybridized carbons (Fsp3) is 0.125. The molecular formula is C16H14N4O2S. The molecule has 23 heavy (non-hydrogen) atoms. The van der Waals surface area contributed by atoms with Crippen LogP contribution in [0.15, 0.2) is 64.7 Å². The molecule has 0 aromatic heterocycles. The van der Waals surface area contributed by atoms with Crippen LogP contribution in [0.1, 0.15) is 11.1 Å². The van der Waals surface area contributed by atoms with E-state index in [1.807, 2.05) is 36.4 Å². The summed E-state index contributed by atoms with van der Waals surface area (Å²) in [4.78, 5) is 14.9. The third-order valence-corrected chi connectivity index (χ3v) is 4.18. The predicted molar refractivity (Wildman–Crippen MR) is 92.8 cm³/mol. The van der Waals surface area contributed by atoms with Crippen LogP contribution in [0.5, 0.6) is 0 Å². The number of nitrogens with one attached hydrogen (secondary N) is 1. The molecule has 1 N–H and O–H groups in total. The van der Waals surface area contributed by atoms with Crippen molar-refractivity contribution in [1.82, 2.24) is 5.43 Å². The number of hydrogen-bond acceptors (Lipinski definition) is 5. The Morgan fingerprint density at radius 3 is 2.74 bits per heavy atom. The van der Waals surface area contributed by atoms with Crippen molar-refractivity contribution < 1.29 is 4.92 Å². The first-order chi connectivity index (χ1) is 11.2. The third-order valence-electron chi connectivity index (χ3n) is 3.27. The highest BCUT2D eigenvalue weighted by atomic mass is 32.2. The molecule has 0 amide bonds. The van der Waals surface area contributed by atoms with Gasteiger partial charge in [-0.25, -0.2) is 0 Å². The fourth-order valence-electron chi connectivity index (χ4n) is 2.09. The molecule has 0 spiro atoms. The van der Waals surface area contributed by atoms with Crippen molar-refractivity contribution in [3.63, 3.8) is 0 Å². The summed E-state index contributed by atoms with van der Waals surface area (Å²) in [6.45, 7) is 0.595. The van der Waals surface area contributed by atoms with Gasteiger partial charge in [0.2, 0.25) is 0 Å². The zero-order valence-corrected chi connectivity index (χ0v) is 13.0. The molecule has 0 unspecified atom stereocenters. The second-order valence-corrected chi connectivity index (χ2v) is 5.84. The van der Waals surface area contributed by atoms with Gasteiger partial charge in [0, 0.05) is 23.4 Å². The maximum absolute atomic E-state index is 10.8. The predicted octanol–water partition coefficient (Wildman–Crippen LogP) is 3.19. The zero-order valence-electron chi connectivity index (χ0n) is 12.2. The minimum atomic E-state index is -0.403. The lowest BCUT2D eigenvalue weighted by atomic mass is 10.1. The maximum Gasteiger partial charge on any atom is 0.270 e. The lowest BCUT2D eigenvalue weighted by molar-refractivity contribution is -0.384. The number of amidine groups is 1. The zero-order chi connectivity index (χ0) is 16.1. The van der Waals surface area contributed by atoms with E-state index < -0.39 is 4.92 Å². The Kier molecular flexibility index (Phi) is 4.68. The van der Waals surface area contributed by atoms with E-state index >= 15 is 0 Å². The van der Waals surface area contributed by atoms with E-state index in [1.54, 1.807) is 6.07 Å². The number of hydrazone groups is 1. The van der Waals surface area contributed by atoms with E-state index in [0.717, 1.165) is 22.0 Å². The van der Waals surface area contributed by atoms with Crippen LogP contribution in [0, 0.1) is 10.1 Å². The summed E-state index contributed by atoms with van der Waals surface area (Å²) in [5, 5.41) is 15.9. The molecule has 7 heteroatoms. The van der Waals surface area contributed by atoms with Gasteiger partial charge in [0.1, 0.15) is 0 Å². The molecular weight excluding hydrogens is 312 g/mol. The van der Waals surface area contributed by atoms with Gasteiger partial charge in [-0.15, -0.1) is 0 Å². The first kappa shape index (κ1) is 15.2. The Bertz CT molecular complexity index is 775. The number of non-ortho nitro benzene ring substituents is 1. The highest BCUT2D eigenvalue weighted by Crippen LogP contribution is 2.18. The number of nitro benzene ring substituents is 1. The van der Waals surface area contributed by atoms with E-state index in [-0.39, 0.29) is 5.69 Å². The van der Waals surface area contributed by atoms with Crippen molar-refractivity contribution in [2.45, 2.75) is 6.54 Å². The van der Waals surface area contributed by atoms with Gasteiger partial charge in [-0.1, -0.05) is 54.2 Å². The molecule has 116 valence electrons. The summed E-state index contributed by atoms with van der Waals surface area (Å²) in [6.07, 6.45) is 0. The topological polar surface area (TPSA) is 79.9 Å². The van der Waals surface area contributed by atoms with E-state index in [2.05, 4.69) is 15.5 Å². The molecule has 0 saturated carbocycles. The molecule has 1 heterocycles. The lowest BCUT2D eigenvalue weighted by Crippen LogP contribution is -2.25. The fourth-order valence-corrected chi connectivity index (χ4v) is 2.86. The van der Waals surface area contributed by atoms with E-state index in [9.17, 15) is 10.1 Å². The molecule has 0 bridgehead atoms. The van der Waals surface area contributed by atoms with Crippen molar-refractivity contribution in [2.75, 3.05) is 5.75 Å². The summed E-state index contributed by atoms with van der Waals surface area (Å²) in [6, 6.07) is 16.5. The van der Waals surface area contributed by atoms with Crippen molar-refractivity contribution in [3.05, 3.63) is 75.8 Å². The van der Waals surface area contributed by atoms with E-state index in [1.165, 1.54) is 23.9 Å². The Morgan fingerprint density at radius 2 is 2.04 bits per heavy atom. The van der Waals surface area contributed by atoms with Gasteiger partial charge in [0.05, 0.1) is 17.2 Å². The number of nitro groups is 1. The summed E-state index contributed by atoms with van der Waals surface area (Å²) in [7, 11) is 0. The normalized spacial score (nSPS) is 15.8. The quantitative estimate of drug-likeness (QED) is 0.691. The van der Waals surface area contributed by atoms with E-state index in [0.29, 0.717) is 12.3 Å². The van der Waals surface area contributed by atoms with Crippen LogP contribution >= 0.6 is 11.8 Å². The molecule has 0 radical (unpaired) electrons. The lowest BCUT2D eigenvalue weighted by Gasteiger charge is -2.14. The molecule has 2 aromatic carbocycles. The van der Waals surface area contributed by atoms with Crippen LogP contribution in [-0.4, -0.2) is 21.6 Å². The van der Waals surface area contributed by atoms with Gasteiger partial charge in [-0.05, 0) is 5.56 Å². The van der Waals surface area contributed by atoms with Crippen LogP contribution in [0.4, 0.5) is 5.69 Å². The largest absolute Gasteiger partial charge is 0.270 e. The monoisotopic (exact) mass is 326 g/mol. The average Bonchev–Trinajstić information content (AvgIpc) is 2.61. The van der Waals surface area contributed by atoms with Crippen LogP contribution in [0.25, 0.3) is 0 Å². The Labute approximate surface area is 137 Å². The Hall–Kier alpha value is -2.67. The molecule has 1 aliphatic heterocycles. The summed E-state index contributed by atoms with van der Waals surface area (Å²) in [5.74, 6) is 0.627. The summed E-state index contributed by atoms with van der Waals surface area (Å²) >= 11 is 1.54. The van der Waals surface area contributed by atoms with E-state index in [4.69, 9.17) is 0 Å². The highest BCUT2D eigenvalue weighted by molar-refractivity contribution is 8.14. The highest BCUT2D eigenvalue weighted by Gasteiger charge is 2.15. The number of thioether (sulfide) groups is 1. The van der Waals surface area contributed by atoms with Gasteiger partial charge >= 0.3 is 0 Å². The SMILES string of the molecule is O=[N+]([O-])c1cccc(C2=NNC(=NCc3ccccc3)SC2)c1. The van der Waals surface area contributed by atoms with Gasteiger partial charge in [0.15, 0.2) is 5.17 Å². The Morgan fingerprint density at radius 1 is 1.22 bits per heavy atom.